The van der Waals surface area contributed by atoms with E-state index in [2.05, 4.69) is 5.32 Å². The van der Waals surface area contributed by atoms with E-state index in [-0.39, 0.29) is 24.0 Å². The number of benzene rings is 2. The largest absolute Gasteiger partial charge is 0.496 e. The van der Waals surface area contributed by atoms with Crippen molar-refractivity contribution in [1.82, 2.24) is 5.32 Å². The van der Waals surface area contributed by atoms with E-state index in [1.807, 2.05) is 52.0 Å². The average Bonchev–Trinajstić information content (AvgIpc) is 2.99. The van der Waals surface area contributed by atoms with Gasteiger partial charge in [-0.05, 0) is 18.1 Å². The second-order valence-corrected chi connectivity index (χ2v) is 5.98. The van der Waals surface area contributed by atoms with Crippen LogP contribution in [0, 0.1) is 5.92 Å². The van der Waals surface area contributed by atoms with Crippen LogP contribution in [0.2, 0.25) is 0 Å². The molecule has 2 aromatic rings. The number of methoxy groups -OCH3 is 1. The van der Waals surface area contributed by atoms with Gasteiger partial charge < -0.3 is 4.74 Å². The highest BCUT2D eigenvalue weighted by molar-refractivity contribution is 6.20. The van der Waals surface area contributed by atoms with Crippen LogP contribution in [-0.2, 0) is 9.59 Å². The van der Waals surface area contributed by atoms with Gasteiger partial charge in [-0.15, -0.1) is 0 Å². The highest BCUT2D eigenvalue weighted by Gasteiger charge is 2.43. The van der Waals surface area contributed by atoms with Crippen molar-refractivity contribution in [1.29, 1.82) is 0 Å². The van der Waals surface area contributed by atoms with Crippen molar-refractivity contribution in [2.24, 2.45) is 5.92 Å². The SMILES string of the molecule is CC.CC.COc1ccc2c3c(cccc13)C(=O)C2C1CCC(=O)NC1=O. The van der Waals surface area contributed by atoms with Crippen LogP contribution < -0.4 is 10.1 Å². The number of carbonyl (C=O) groups is 3. The van der Waals surface area contributed by atoms with E-state index in [0.717, 1.165) is 16.3 Å². The molecule has 2 amide bonds. The van der Waals surface area contributed by atoms with Crippen LogP contribution in [-0.4, -0.2) is 24.7 Å². The van der Waals surface area contributed by atoms with E-state index < -0.39 is 11.8 Å². The first-order valence-electron chi connectivity index (χ1n) is 9.59. The van der Waals surface area contributed by atoms with Gasteiger partial charge in [0, 0.05) is 22.8 Å². The van der Waals surface area contributed by atoms with Gasteiger partial charge in [-0.2, -0.15) is 0 Å². The normalized spacial score (nSPS) is 20.3. The third kappa shape index (κ3) is 3.46. The molecule has 2 unspecified atom stereocenters. The first-order chi connectivity index (χ1) is 13.1. The van der Waals surface area contributed by atoms with Crippen LogP contribution >= 0.6 is 0 Å². The Morgan fingerprint density at radius 3 is 2.33 bits per heavy atom. The number of rotatable bonds is 2. The van der Waals surface area contributed by atoms with Gasteiger partial charge in [0.25, 0.3) is 0 Å². The summed E-state index contributed by atoms with van der Waals surface area (Å²) >= 11 is 0. The number of imide groups is 1. The monoisotopic (exact) mass is 369 g/mol. The summed E-state index contributed by atoms with van der Waals surface area (Å²) in [7, 11) is 1.60. The second-order valence-electron chi connectivity index (χ2n) is 5.98. The Kier molecular flexibility index (Phi) is 6.72. The lowest BCUT2D eigenvalue weighted by molar-refractivity contribution is -0.136. The summed E-state index contributed by atoms with van der Waals surface area (Å²) in [6.45, 7) is 8.00. The highest BCUT2D eigenvalue weighted by Crippen LogP contribution is 2.46. The van der Waals surface area contributed by atoms with Crippen molar-refractivity contribution < 1.29 is 19.1 Å². The summed E-state index contributed by atoms with van der Waals surface area (Å²) in [4.78, 5) is 36.5. The van der Waals surface area contributed by atoms with Crippen LogP contribution in [0.5, 0.6) is 5.75 Å². The molecule has 1 heterocycles. The van der Waals surface area contributed by atoms with E-state index in [0.29, 0.717) is 17.7 Å². The predicted octanol–water partition coefficient (Wildman–Crippen LogP) is 4.23. The summed E-state index contributed by atoms with van der Waals surface area (Å²) in [5, 5.41) is 4.10. The fourth-order valence-corrected chi connectivity index (χ4v) is 3.79. The van der Waals surface area contributed by atoms with Gasteiger partial charge in [-0.3, -0.25) is 19.7 Å². The fraction of sp³-hybridized carbons (Fsp3) is 0.409. The predicted molar refractivity (Wildman–Crippen MR) is 106 cm³/mol. The molecule has 1 aliphatic heterocycles. The highest BCUT2D eigenvalue weighted by atomic mass is 16.5. The zero-order chi connectivity index (χ0) is 20.1. The van der Waals surface area contributed by atoms with E-state index in [4.69, 9.17) is 4.74 Å². The van der Waals surface area contributed by atoms with Gasteiger partial charge in [0.05, 0.1) is 18.9 Å². The van der Waals surface area contributed by atoms with Gasteiger partial charge in [-0.1, -0.05) is 52.0 Å². The number of piperidine rings is 1. The first kappa shape index (κ1) is 20.6. The van der Waals surface area contributed by atoms with Crippen LogP contribution in [0.3, 0.4) is 0 Å². The summed E-state index contributed by atoms with van der Waals surface area (Å²) in [6.07, 6.45) is 0.679. The van der Waals surface area contributed by atoms with Gasteiger partial charge in [0.2, 0.25) is 11.8 Å². The zero-order valence-corrected chi connectivity index (χ0v) is 16.6. The lowest BCUT2D eigenvalue weighted by Crippen LogP contribution is -2.43. The van der Waals surface area contributed by atoms with Gasteiger partial charge in [0.15, 0.2) is 5.78 Å². The Labute approximate surface area is 160 Å². The fourth-order valence-electron chi connectivity index (χ4n) is 3.79. The van der Waals surface area contributed by atoms with Crippen LogP contribution in [0.1, 0.15) is 62.4 Å². The molecule has 144 valence electrons. The van der Waals surface area contributed by atoms with E-state index in [1.165, 1.54) is 0 Å². The van der Waals surface area contributed by atoms with Gasteiger partial charge in [0.1, 0.15) is 5.75 Å². The summed E-state index contributed by atoms with van der Waals surface area (Å²) in [5.41, 5.74) is 1.49. The Morgan fingerprint density at radius 2 is 1.70 bits per heavy atom. The number of amides is 2. The number of ether oxygens (including phenoxy) is 1. The number of nitrogens with one attached hydrogen (secondary N) is 1. The molecule has 27 heavy (non-hydrogen) atoms. The van der Waals surface area contributed by atoms with Crippen molar-refractivity contribution in [3.05, 3.63) is 41.5 Å². The molecule has 1 saturated heterocycles. The Morgan fingerprint density at radius 1 is 1.00 bits per heavy atom. The summed E-state index contributed by atoms with van der Waals surface area (Å²) < 4.78 is 5.38. The molecule has 1 aliphatic carbocycles. The molecule has 2 atom stereocenters. The third-order valence-electron chi connectivity index (χ3n) is 4.82. The lowest BCUT2D eigenvalue weighted by Gasteiger charge is -2.26. The molecule has 2 aliphatic rings. The van der Waals surface area contributed by atoms with Crippen LogP contribution in [0.4, 0.5) is 0 Å². The molecule has 0 bridgehead atoms. The molecule has 0 spiro atoms. The van der Waals surface area contributed by atoms with Crippen molar-refractivity contribution >= 4 is 28.4 Å². The Balaban J connectivity index is 0.000000614. The molecule has 5 nitrogen and oxygen atoms in total. The van der Waals surface area contributed by atoms with Crippen molar-refractivity contribution in [3.8, 4) is 5.75 Å². The molecular formula is C22H27NO4. The standard InChI is InChI=1S/C18H15NO4.2C2H6/c1-23-13-7-5-10-15-9(13)3-2-4-11(15)17(21)16(10)12-6-8-14(20)19-18(12)22;2*1-2/h2-5,7,12,16H,6,8H2,1H3,(H,19,20,22);2*1-2H3. The third-order valence-corrected chi connectivity index (χ3v) is 4.82. The molecule has 4 rings (SSSR count). The summed E-state index contributed by atoms with van der Waals surface area (Å²) in [5.74, 6) is -0.973. The van der Waals surface area contributed by atoms with Crippen LogP contribution in [0.15, 0.2) is 30.3 Å². The van der Waals surface area contributed by atoms with E-state index in [1.54, 1.807) is 13.2 Å². The Hall–Kier alpha value is -2.69. The minimum absolute atomic E-state index is 0.0478. The molecule has 1 N–H and O–H groups in total. The number of hydrogen-bond donors (Lipinski definition) is 1. The average molecular weight is 369 g/mol. The van der Waals surface area contributed by atoms with Crippen molar-refractivity contribution in [3.63, 3.8) is 0 Å². The molecule has 0 saturated carbocycles. The minimum atomic E-state index is -0.520. The second kappa shape index (κ2) is 8.80. The quantitative estimate of drug-likeness (QED) is 0.804. The topological polar surface area (TPSA) is 72.5 Å². The van der Waals surface area contributed by atoms with Crippen LogP contribution in [0.25, 0.3) is 10.8 Å². The molecule has 0 aromatic heterocycles. The molecule has 1 fully saturated rings. The molecule has 0 radical (unpaired) electrons. The smallest absolute Gasteiger partial charge is 0.230 e. The lowest BCUT2D eigenvalue weighted by atomic mass is 9.80. The maximum atomic E-state index is 12.9. The number of hydrogen-bond acceptors (Lipinski definition) is 4. The van der Waals surface area contributed by atoms with Gasteiger partial charge in [-0.25, -0.2) is 0 Å². The van der Waals surface area contributed by atoms with Crippen molar-refractivity contribution in [2.75, 3.05) is 7.11 Å². The number of Topliss-reactive ketones (excluding diaryl/α,β-unsaturated/α-hetero) is 1. The van der Waals surface area contributed by atoms with E-state index >= 15 is 0 Å². The molecule has 5 heteroatoms. The van der Waals surface area contributed by atoms with Gasteiger partial charge >= 0.3 is 0 Å². The zero-order valence-electron chi connectivity index (χ0n) is 16.6. The van der Waals surface area contributed by atoms with Crippen molar-refractivity contribution in [2.45, 2.75) is 46.5 Å². The number of ketones is 1. The molecule has 2 aromatic carbocycles. The maximum Gasteiger partial charge on any atom is 0.230 e. The Bertz CT molecular complexity index is 872. The first-order valence-corrected chi connectivity index (χ1v) is 9.59. The molecular weight excluding hydrogens is 342 g/mol. The van der Waals surface area contributed by atoms with E-state index in [9.17, 15) is 14.4 Å². The maximum absolute atomic E-state index is 12.9. The number of carbonyl (C=O) groups excluding carboxylic acids is 3. The summed E-state index contributed by atoms with van der Waals surface area (Å²) in [6, 6.07) is 9.23. The minimum Gasteiger partial charge on any atom is -0.496 e.